The van der Waals surface area contributed by atoms with E-state index in [-0.39, 0.29) is 0 Å². The zero-order valence-corrected chi connectivity index (χ0v) is 13.6. The van der Waals surface area contributed by atoms with Gasteiger partial charge in [0.05, 0.1) is 7.11 Å². The summed E-state index contributed by atoms with van der Waals surface area (Å²) in [6.45, 7) is 5.79. The zero-order chi connectivity index (χ0) is 15.4. The summed E-state index contributed by atoms with van der Waals surface area (Å²) in [7, 11) is 1.71. The van der Waals surface area contributed by atoms with Crippen LogP contribution in [0.1, 0.15) is 36.0 Å². The van der Waals surface area contributed by atoms with Crippen molar-refractivity contribution in [2.45, 2.75) is 32.2 Å². The predicted octanol–water partition coefficient (Wildman–Crippen LogP) is 4.25. The van der Waals surface area contributed by atoms with E-state index in [9.17, 15) is 0 Å². The van der Waals surface area contributed by atoms with Gasteiger partial charge in [0.25, 0.3) is 0 Å². The summed E-state index contributed by atoms with van der Waals surface area (Å²) in [5.74, 6) is 1.58. The topological polar surface area (TPSA) is 12.5 Å². The largest absolute Gasteiger partial charge is 0.497 e. The van der Waals surface area contributed by atoms with Crippen molar-refractivity contribution in [3.63, 3.8) is 0 Å². The van der Waals surface area contributed by atoms with Crippen LogP contribution >= 0.6 is 0 Å². The summed E-state index contributed by atoms with van der Waals surface area (Å²) in [5.41, 5.74) is 4.44. The van der Waals surface area contributed by atoms with Crippen molar-refractivity contribution in [1.29, 1.82) is 0 Å². The number of methoxy groups -OCH3 is 1. The normalized spacial score (nSPS) is 18.0. The fourth-order valence-electron chi connectivity index (χ4n) is 3.42. The first kappa shape index (κ1) is 15.1. The predicted molar refractivity (Wildman–Crippen MR) is 91.4 cm³/mol. The van der Waals surface area contributed by atoms with Gasteiger partial charge in [-0.2, -0.15) is 0 Å². The minimum absolute atomic E-state index is 0.644. The van der Waals surface area contributed by atoms with E-state index in [0.29, 0.717) is 5.92 Å². The van der Waals surface area contributed by atoms with E-state index in [2.05, 4.69) is 60.4 Å². The molecule has 0 bridgehead atoms. The van der Waals surface area contributed by atoms with Crippen molar-refractivity contribution < 1.29 is 4.74 Å². The number of benzene rings is 2. The van der Waals surface area contributed by atoms with E-state index in [1.165, 1.54) is 36.2 Å². The lowest BCUT2D eigenvalue weighted by molar-refractivity contribution is 0.232. The smallest absolute Gasteiger partial charge is 0.118 e. The fraction of sp³-hybridized carbons (Fsp3) is 0.400. The molecule has 0 saturated heterocycles. The number of nitrogens with zero attached hydrogens (tertiary/aromatic N) is 1. The molecule has 22 heavy (non-hydrogen) atoms. The molecular formula is C20H25NO. The molecule has 2 heteroatoms. The number of hydrogen-bond acceptors (Lipinski definition) is 2. The lowest BCUT2D eigenvalue weighted by Crippen LogP contribution is -2.33. The van der Waals surface area contributed by atoms with Gasteiger partial charge in [0.15, 0.2) is 0 Å². The molecule has 1 aliphatic heterocycles. The highest BCUT2D eigenvalue weighted by atomic mass is 16.5. The lowest BCUT2D eigenvalue weighted by atomic mass is 9.91. The molecule has 0 radical (unpaired) electrons. The molecule has 0 aromatic heterocycles. The highest BCUT2D eigenvalue weighted by Gasteiger charge is 2.21. The summed E-state index contributed by atoms with van der Waals surface area (Å²) in [5, 5.41) is 0. The summed E-state index contributed by atoms with van der Waals surface area (Å²) >= 11 is 0. The third-order valence-electron chi connectivity index (χ3n) is 4.61. The molecule has 0 amide bonds. The third kappa shape index (κ3) is 3.50. The summed E-state index contributed by atoms with van der Waals surface area (Å²) < 4.78 is 5.21. The maximum absolute atomic E-state index is 5.21. The molecule has 2 aromatic carbocycles. The quantitative estimate of drug-likeness (QED) is 0.817. The Bertz CT molecular complexity index is 605. The maximum Gasteiger partial charge on any atom is 0.118 e. The van der Waals surface area contributed by atoms with E-state index in [1.807, 2.05) is 0 Å². The first-order chi connectivity index (χ1) is 10.8. The zero-order valence-electron chi connectivity index (χ0n) is 13.6. The van der Waals surface area contributed by atoms with Crippen LogP contribution in [0.5, 0.6) is 5.75 Å². The average Bonchev–Trinajstić information content (AvgIpc) is 2.56. The molecule has 0 spiro atoms. The van der Waals surface area contributed by atoms with E-state index < -0.39 is 0 Å². The van der Waals surface area contributed by atoms with E-state index in [1.54, 1.807) is 7.11 Å². The van der Waals surface area contributed by atoms with Gasteiger partial charge in [0.1, 0.15) is 5.75 Å². The SMILES string of the molecule is COc1ccc(CCCN2Cc3ccccc3C(C)C2)cc1. The van der Waals surface area contributed by atoms with Crippen LogP contribution < -0.4 is 4.74 Å². The molecule has 0 saturated carbocycles. The van der Waals surface area contributed by atoms with Gasteiger partial charge in [-0.25, -0.2) is 0 Å². The molecule has 1 atom stereocenters. The van der Waals surface area contributed by atoms with Gasteiger partial charge in [-0.05, 0) is 54.1 Å². The molecule has 116 valence electrons. The summed E-state index contributed by atoms with van der Waals surface area (Å²) in [4.78, 5) is 2.59. The standard InChI is InChI=1S/C20H25NO/c1-16-14-21(15-18-7-3-4-8-20(16)18)13-5-6-17-9-11-19(22-2)12-10-17/h3-4,7-12,16H,5-6,13-15H2,1-2H3. The molecule has 0 N–H and O–H groups in total. The second-order valence-corrected chi connectivity index (χ2v) is 6.29. The minimum atomic E-state index is 0.644. The van der Waals surface area contributed by atoms with Crippen LogP contribution in [0.15, 0.2) is 48.5 Å². The molecule has 2 aromatic rings. The van der Waals surface area contributed by atoms with Crippen molar-refractivity contribution in [3.8, 4) is 5.75 Å². The van der Waals surface area contributed by atoms with Crippen molar-refractivity contribution in [3.05, 3.63) is 65.2 Å². The first-order valence-electron chi connectivity index (χ1n) is 8.19. The van der Waals surface area contributed by atoms with Crippen LogP contribution in [0.4, 0.5) is 0 Å². The van der Waals surface area contributed by atoms with Crippen molar-refractivity contribution >= 4 is 0 Å². The Morgan fingerprint density at radius 3 is 2.64 bits per heavy atom. The number of fused-ring (bicyclic) bond motifs is 1. The summed E-state index contributed by atoms with van der Waals surface area (Å²) in [6, 6.07) is 17.3. The molecule has 3 rings (SSSR count). The number of rotatable bonds is 5. The monoisotopic (exact) mass is 295 g/mol. The van der Waals surface area contributed by atoms with Gasteiger partial charge >= 0.3 is 0 Å². The second-order valence-electron chi connectivity index (χ2n) is 6.29. The number of ether oxygens (including phenoxy) is 1. The highest BCUT2D eigenvalue weighted by molar-refractivity contribution is 5.32. The third-order valence-corrected chi connectivity index (χ3v) is 4.61. The fourth-order valence-corrected chi connectivity index (χ4v) is 3.42. The van der Waals surface area contributed by atoms with Gasteiger partial charge in [-0.3, -0.25) is 4.90 Å². The minimum Gasteiger partial charge on any atom is -0.497 e. The van der Waals surface area contributed by atoms with Crippen LogP contribution in [0.3, 0.4) is 0 Å². The van der Waals surface area contributed by atoms with Crippen molar-refractivity contribution in [2.24, 2.45) is 0 Å². The number of hydrogen-bond donors (Lipinski definition) is 0. The van der Waals surface area contributed by atoms with E-state index in [4.69, 9.17) is 4.74 Å². The van der Waals surface area contributed by atoms with Gasteiger partial charge in [0.2, 0.25) is 0 Å². The molecule has 2 nitrogen and oxygen atoms in total. The lowest BCUT2D eigenvalue weighted by Gasteiger charge is -2.33. The van der Waals surface area contributed by atoms with Crippen LogP contribution in [0.2, 0.25) is 0 Å². The maximum atomic E-state index is 5.21. The Morgan fingerprint density at radius 2 is 1.86 bits per heavy atom. The van der Waals surface area contributed by atoms with Crippen molar-refractivity contribution in [1.82, 2.24) is 4.90 Å². The Morgan fingerprint density at radius 1 is 1.09 bits per heavy atom. The average molecular weight is 295 g/mol. The van der Waals surface area contributed by atoms with Gasteiger partial charge < -0.3 is 4.74 Å². The number of aryl methyl sites for hydroxylation is 1. The Labute approximate surface area is 133 Å². The molecule has 0 fully saturated rings. The molecule has 1 heterocycles. The van der Waals surface area contributed by atoms with E-state index >= 15 is 0 Å². The van der Waals surface area contributed by atoms with Crippen LogP contribution in [0, 0.1) is 0 Å². The van der Waals surface area contributed by atoms with Gasteiger partial charge in [-0.15, -0.1) is 0 Å². The Hall–Kier alpha value is -1.80. The summed E-state index contributed by atoms with van der Waals surface area (Å²) in [6.07, 6.45) is 2.34. The second kappa shape index (κ2) is 6.97. The molecule has 1 unspecified atom stereocenters. The van der Waals surface area contributed by atoms with Gasteiger partial charge in [0, 0.05) is 13.1 Å². The Balaban J connectivity index is 1.52. The molecule has 0 aliphatic carbocycles. The van der Waals surface area contributed by atoms with Crippen LogP contribution in [-0.2, 0) is 13.0 Å². The molecule has 1 aliphatic rings. The Kier molecular flexibility index (Phi) is 4.79. The molecular weight excluding hydrogens is 270 g/mol. The van der Waals surface area contributed by atoms with Crippen molar-refractivity contribution in [2.75, 3.05) is 20.2 Å². The van der Waals surface area contributed by atoms with Crippen LogP contribution in [-0.4, -0.2) is 25.1 Å². The van der Waals surface area contributed by atoms with Gasteiger partial charge in [-0.1, -0.05) is 43.3 Å². The first-order valence-corrected chi connectivity index (χ1v) is 8.19. The van der Waals surface area contributed by atoms with Crippen LogP contribution in [0.25, 0.3) is 0 Å². The highest BCUT2D eigenvalue weighted by Crippen LogP contribution is 2.27. The van der Waals surface area contributed by atoms with E-state index in [0.717, 1.165) is 18.7 Å².